The zero-order chi connectivity index (χ0) is 20.2. The molecule has 0 spiro atoms. The number of nitrogens with zero attached hydrogens (tertiary/aromatic N) is 3. The van der Waals surface area contributed by atoms with E-state index in [4.69, 9.17) is 4.74 Å². The van der Waals surface area contributed by atoms with Gasteiger partial charge in [0.1, 0.15) is 11.4 Å². The largest absolute Gasteiger partial charge is 0.497 e. The van der Waals surface area contributed by atoms with E-state index < -0.39 is 0 Å². The first-order valence-corrected chi connectivity index (χ1v) is 10.6. The van der Waals surface area contributed by atoms with Crippen LogP contribution in [0.3, 0.4) is 0 Å². The van der Waals surface area contributed by atoms with E-state index in [-0.39, 0.29) is 17.5 Å². The molecule has 1 fully saturated rings. The van der Waals surface area contributed by atoms with E-state index in [2.05, 4.69) is 5.10 Å². The Hall–Kier alpha value is -2.93. The summed E-state index contributed by atoms with van der Waals surface area (Å²) in [6.45, 7) is 1.14. The van der Waals surface area contributed by atoms with Crippen LogP contribution in [0.5, 0.6) is 5.75 Å². The number of carbonyl (C=O) groups is 1. The highest BCUT2D eigenvalue weighted by molar-refractivity contribution is 7.13. The van der Waals surface area contributed by atoms with Crippen molar-refractivity contribution in [2.75, 3.05) is 13.7 Å². The Labute approximate surface area is 173 Å². The third kappa shape index (κ3) is 4.40. The standard InChI is InChI=1S/C22H23N3O3S/c1-28-18-8-6-16(7-9-18)14-22(27)24-12-2-4-17(24)15-25-21(26)11-10-19(23-25)20-5-3-13-29-20/h3,5-11,13,17H,2,4,12,14-15H2,1H3/t17-/m1/s1. The molecule has 0 unspecified atom stereocenters. The van der Waals surface area contributed by atoms with Gasteiger partial charge in [0.05, 0.1) is 31.0 Å². The number of hydrogen-bond acceptors (Lipinski definition) is 5. The number of rotatable bonds is 6. The van der Waals surface area contributed by atoms with Gasteiger partial charge in [0.2, 0.25) is 5.91 Å². The molecule has 1 aromatic carbocycles. The van der Waals surface area contributed by atoms with Gasteiger partial charge < -0.3 is 9.64 Å². The van der Waals surface area contributed by atoms with Gasteiger partial charge in [-0.3, -0.25) is 9.59 Å². The number of ether oxygens (including phenoxy) is 1. The van der Waals surface area contributed by atoms with Gasteiger partial charge in [0.25, 0.3) is 5.56 Å². The van der Waals surface area contributed by atoms with Crippen molar-refractivity contribution in [2.45, 2.75) is 31.8 Å². The Kier molecular flexibility index (Phi) is 5.76. The fourth-order valence-corrected chi connectivity index (χ4v) is 4.40. The molecule has 2 aromatic heterocycles. The SMILES string of the molecule is COc1ccc(CC(=O)N2CCC[C@@H]2Cn2nc(-c3cccs3)ccc2=O)cc1. The lowest BCUT2D eigenvalue weighted by atomic mass is 10.1. The molecule has 0 saturated carbocycles. The van der Waals surface area contributed by atoms with Crippen LogP contribution in [0, 0.1) is 0 Å². The van der Waals surface area contributed by atoms with Crippen molar-refractivity contribution in [3.8, 4) is 16.3 Å². The Bertz CT molecular complexity index is 1030. The highest BCUT2D eigenvalue weighted by Crippen LogP contribution is 2.23. The van der Waals surface area contributed by atoms with Crippen LogP contribution in [0.15, 0.2) is 58.7 Å². The first-order valence-electron chi connectivity index (χ1n) is 9.68. The van der Waals surface area contributed by atoms with Gasteiger partial charge in [-0.1, -0.05) is 18.2 Å². The van der Waals surface area contributed by atoms with Crippen LogP contribution in [0.25, 0.3) is 10.6 Å². The molecule has 29 heavy (non-hydrogen) atoms. The summed E-state index contributed by atoms with van der Waals surface area (Å²) in [6.07, 6.45) is 2.17. The Morgan fingerprint density at radius 2 is 2.03 bits per heavy atom. The Morgan fingerprint density at radius 1 is 1.21 bits per heavy atom. The third-order valence-corrected chi connectivity index (χ3v) is 6.13. The van der Waals surface area contributed by atoms with Crippen LogP contribution in [0.2, 0.25) is 0 Å². The fourth-order valence-electron chi connectivity index (χ4n) is 3.71. The fraction of sp³-hybridized carbons (Fsp3) is 0.318. The van der Waals surface area contributed by atoms with Crippen LogP contribution in [-0.4, -0.2) is 40.3 Å². The topological polar surface area (TPSA) is 64.4 Å². The highest BCUT2D eigenvalue weighted by atomic mass is 32.1. The molecule has 1 amide bonds. The minimum atomic E-state index is -0.139. The Balaban J connectivity index is 1.47. The van der Waals surface area contributed by atoms with Gasteiger partial charge >= 0.3 is 0 Å². The molecule has 1 atom stereocenters. The van der Waals surface area contributed by atoms with Gasteiger partial charge in [-0.2, -0.15) is 5.10 Å². The number of methoxy groups -OCH3 is 1. The lowest BCUT2D eigenvalue weighted by Gasteiger charge is -2.25. The number of likely N-dealkylation sites (tertiary alicyclic amines) is 1. The van der Waals surface area contributed by atoms with Crippen molar-refractivity contribution in [1.82, 2.24) is 14.7 Å². The summed E-state index contributed by atoms with van der Waals surface area (Å²) in [7, 11) is 1.62. The molecule has 0 bridgehead atoms. The quantitative estimate of drug-likeness (QED) is 0.627. The molecule has 1 aliphatic rings. The van der Waals surface area contributed by atoms with Crippen LogP contribution >= 0.6 is 11.3 Å². The zero-order valence-electron chi connectivity index (χ0n) is 16.3. The molecule has 0 aliphatic carbocycles. The average Bonchev–Trinajstić information content (AvgIpc) is 3.42. The molecule has 6 nitrogen and oxygen atoms in total. The number of benzene rings is 1. The predicted octanol–water partition coefficient (Wildman–Crippen LogP) is 3.21. The van der Waals surface area contributed by atoms with Crippen molar-refractivity contribution in [3.63, 3.8) is 0 Å². The number of aromatic nitrogens is 2. The van der Waals surface area contributed by atoms with E-state index in [0.717, 1.165) is 41.3 Å². The zero-order valence-corrected chi connectivity index (χ0v) is 17.1. The normalized spacial score (nSPS) is 16.2. The molecule has 0 N–H and O–H groups in total. The van der Waals surface area contributed by atoms with Crippen molar-refractivity contribution in [2.24, 2.45) is 0 Å². The molecule has 7 heteroatoms. The monoisotopic (exact) mass is 409 g/mol. The average molecular weight is 410 g/mol. The molecule has 150 valence electrons. The highest BCUT2D eigenvalue weighted by Gasteiger charge is 2.29. The van der Waals surface area contributed by atoms with Crippen LogP contribution in [0.1, 0.15) is 18.4 Å². The van der Waals surface area contributed by atoms with E-state index >= 15 is 0 Å². The van der Waals surface area contributed by atoms with E-state index in [0.29, 0.717) is 13.0 Å². The molecular formula is C22H23N3O3S. The maximum atomic E-state index is 12.9. The smallest absolute Gasteiger partial charge is 0.266 e. The lowest BCUT2D eigenvalue weighted by molar-refractivity contribution is -0.131. The van der Waals surface area contributed by atoms with Crippen LogP contribution in [-0.2, 0) is 17.8 Å². The summed E-state index contributed by atoms with van der Waals surface area (Å²) < 4.78 is 6.67. The van der Waals surface area contributed by atoms with E-state index in [1.807, 2.05) is 46.7 Å². The molecule has 1 aliphatic heterocycles. The van der Waals surface area contributed by atoms with Gasteiger partial charge in [0, 0.05) is 12.6 Å². The maximum Gasteiger partial charge on any atom is 0.266 e. The molecular weight excluding hydrogens is 386 g/mol. The van der Waals surface area contributed by atoms with E-state index in [1.165, 1.54) is 4.68 Å². The van der Waals surface area contributed by atoms with E-state index in [1.54, 1.807) is 30.6 Å². The summed E-state index contributed by atoms with van der Waals surface area (Å²) in [5, 5.41) is 6.53. The summed E-state index contributed by atoms with van der Waals surface area (Å²) in [4.78, 5) is 28.2. The van der Waals surface area contributed by atoms with Crippen molar-refractivity contribution >= 4 is 17.2 Å². The molecule has 4 rings (SSSR count). The van der Waals surface area contributed by atoms with Gasteiger partial charge in [0.15, 0.2) is 0 Å². The Morgan fingerprint density at radius 3 is 2.76 bits per heavy atom. The predicted molar refractivity (Wildman–Crippen MR) is 113 cm³/mol. The van der Waals surface area contributed by atoms with Gasteiger partial charge in [-0.25, -0.2) is 4.68 Å². The van der Waals surface area contributed by atoms with Crippen LogP contribution in [0.4, 0.5) is 0 Å². The van der Waals surface area contributed by atoms with Crippen LogP contribution < -0.4 is 10.3 Å². The third-order valence-electron chi connectivity index (χ3n) is 5.24. The van der Waals surface area contributed by atoms with E-state index in [9.17, 15) is 9.59 Å². The van der Waals surface area contributed by atoms with Gasteiger partial charge in [-0.05, 0) is 48.1 Å². The number of hydrogen-bond donors (Lipinski definition) is 0. The first-order chi connectivity index (χ1) is 14.1. The number of carbonyl (C=O) groups excluding carboxylic acids is 1. The van der Waals surface area contributed by atoms with Crippen molar-refractivity contribution in [1.29, 1.82) is 0 Å². The molecule has 3 aromatic rings. The first kappa shape index (κ1) is 19.4. The maximum absolute atomic E-state index is 12.9. The summed E-state index contributed by atoms with van der Waals surface area (Å²) >= 11 is 1.59. The second-order valence-corrected chi connectivity index (χ2v) is 8.07. The van der Waals surface area contributed by atoms with Crippen molar-refractivity contribution in [3.05, 3.63) is 69.8 Å². The summed E-state index contributed by atoms with van der Waals surface area (Å²) in [5.74, 6) is 0.858. The number of amides is 1. The molecule has 0 radical (unpaired) electrons. The second kappa shape index (κ2) is 8.61. The minimum Gasteiger partial charge on any atom is -0.497 e. The molecule has 3 heterocycles. The van der Waals surface area contributed by atoms with Crippen molar-refractivity contribution < 1.29 is 9.53 Å². The summed E-state index contributed by atoms with van der Waals surface area (Å²) in [5.41, 5.74) is 1.60. The molecule has 1 saturated heterocycles. The second-order valence-electron chi connectivity index (χ2n) is 7.12. The minimum absolute atomic E-state index is 0.00969. The lowest BCUT2D eigenvalue weighted by Crippen LogP contribution is -2.41. The number of thiophene rings is 1. The van der Waals surface area contributed by atoms with Gasteiger partial charge in [-0.15, -0.1) is 11.3 Å². The summed E-state index contributed by atoms with van der Waals surface area (Å²) in [6, 6.07) is 14.8.